The molecule has 3 heteroatoms. The van der Waals surface area contributed by atoms with E-state index in [4.69, 9.17) is 0 Å². The van der Waals surface area contributed by atoms with E-state index in [0.717, 1.165) is 11.3 Å². The van der Waals surface area contributed by atoms with E-state index < -0.39 is 0 Å². The van der Waals surface area contributed by atoms with Gasteiger partial charge in [-0.15, -0.1) is 23.1 Å². The summed E-state index contributed by atoms with van der Waals surface area (Å²) in [6, 6.07) is 25.5. The van der Waals surface area contributed by atoms with Gasteiger partial charge in [-0.25, -0.2) is 4.98 Å². The van der Waals surface area contributed by atoms with Crippen LogP contribution in [0.2, 0.25) is 0 Å². The predicted molar refractivity (Wildman–Crippen MR) is 99.9 cm³/mol. The minimum absolute atomic E-state index is 0.969. The fourth-order valence-corrected chi connectivity index (χ4v) is 4.26. The molecule has 0 fully saturated rings. The molecular formula is C20H14NS2. The third kappa shape index (κ3) is 3.03. The molecule has 0 spiro atoms. The van der Waals surface area contributed by atoms with Gasteiger partial charge in [-0.2, -0.15) is 0 Å². The van der Waals surface area contributed by atoms with Crippen LogP contribution in [0.4, 0.5) is 0 Å². The maximum Gasteiger partial charge on any atom is 0.153 e. The molecule has 0 aliphatic heterocycles. The Bertz CT molecular complexity index is 928. The second-order valence-electron chi connectivity index (χ2n) is 5.23. The van der Waals surface area contributed by atoms with E-state index in [-0.39, 0.29) is 0 Å². The van der Waals surface area contributed by atoms with E-state index in [2.05, 4.69) is 83.3 Å². The topological polar surface area (TPSA) is 12.9 Å². The second kappa shape index (κ2) is 6.57. The van der Waals surface area contributed by atoms with Crippen LogP contribution in [0.3, 0.4) is 0 Å². The van der Waals surface area contributed by atoms with Crippen LogP contribution < -0.4 is 0 Å². The summed E-state index contributed by atoms with van der Waals surface area (Å²) >= 11 is 3.44. The normalized spacial score (nSPS) is 11.0. The molecular weight excluding hydrogens is 318 g/mol. The Hall–Kier alpha value is -2.10. The highest BCUT2D eigenvalue weighted by molar-refractivity contribution is 7.98. The monoisotopic (exact) mass is 332 g/mol. The molecule has 3 aromatic carbocycles. The molecule has 23 heavy (non-hydrogen) atoms. The Morgan fingerprint density at radius 1 is 0.826 bits per heavy atom. The van der Waals surface area contributed by atoms with Crippen molar-refractivity contribution >= 4 is 33.3 Å². The Morgan fingerprint density at radius 3 is 2.52 bits per heavy atom. The average Bonchev–Trinajstić information content (AvgIpc) is 3.10. The molecule has 0 unspecified atom stereocenters. The van der Waals surface area contributed by atoms with Crippen molar-refractivity contribution in [2.75, 3.05) is 0 Å². The molecule has 1 aromatic heterocycles. The molecule has 111 valence electrons. The quantitative estimate of drug-likeness (QED) is 0.422. The van der Waals surface area contributed by atoms with Gasteiger partial charge in [0, 0.05) is 16.2 Å². The lowest BCUT2D eigenvalue weighted by Crippen LogP contribution is -1.86. The fourth-order valence-electron chi connectivity index (χ4n) is 2.61. The zero-order valence-electron chi connectivity index (χ0n) is 12.4. The van der Waals surface area contributed by atoms with E-state index in [1.54, 1.807) is 11.3 Å². The number of benzene rings is 3. The van der Waals surface area contributed by atoms with Gasteiger partial charge in [0.25, 0.3) is 0 Å². The summed E-state index contributed by atoms with van der Waals surface area (Å²) in [5, 5.41) is 0. The minimum atomic E-state index is 0.969. The van der Waals surface area contributed by atoms with Gasteiger partial charge in [-0.1, -0.05) is 60.7 Å². The molecule has 0 atom stereocenters. The van der Waals surface area contributed by atoms with Crippen LogP contribution in [-0.2, 0) is 5.75 Å². The lowest BCUT2D eigenvalue weighted by atomic mass is 10.0. The van der Waals surface area contributed by atoms with Crippen molar-refractivity contribution in [3.8, 4) is 11.1 Å². The zero-order chi connectivity index (χ0) is 15.5. The Balaban J connectivity index is 1.71. The van der Waals surface area contributed by atoms with Crippen LogP contribution in [-0.4, -0.2) is 4.98 Å². The molecule has 0 aliphatic carbocycles. The molecule has 4 rings (SSSR count). The van der Waals surface area contributed by atoms with E-state index in [1.807, 2.05) is 11.8 Å². The highest BCUT2D eigenvalue weighted by Crippen LogP contribution is 2.36. The molecule has 1 radical (unpaired) electrons. The van der Waals surface area contributed by atoms with Gasteiger partial charge in [-0.05, 0) is 23.3 Å². The smallest absolute Gasteiger partial charge is 0.153 e. The first-order chi connectivity index (χ1) is 11.4. The van der Waals surface area contributed by atoms with Crippen molar-refractivity contribution in [2.45, 2.75) is 10.6 Å². The lowest BCUT2D eigenvalue weighted by molar-refractivity contribution is 1.38. The number of fused-ring (bicyclic) bond motifs is 1. The molecule has 0 saturated carbocycles. The van der Waals surface area contributed by atoms with Crippen molar-refractivity contribution in [1.82, 2.24) is 4.98 Å². The van der Waals surface area contributed by atoms with Gasteiger partial charge in [0.15, 0.2) is 5.51 Å². The third-order valence-corrected chi connectivity index (χ3v) is 5.60. The minimum Gasteiger partial charge on any atom is -0.233 e. The van der Waals surface area contributed by atoms with Gasteiger partial charge >= 0.3 is 0 Å². The summed E-state index contributed by atoms with van der Waals surface area (Å²) in [5.41, 5.74) is 7.84. The number of aromatic nitrogens is 1. The lowest BCUT2D eigenvalue weighted by Gasteiger charge is -2.10. The first-order valence-electron chi connectivity index (χ1n) is 7.43. The predicted octanol–water partition coefficient (Wildman–Crippen LogP) is 6.06. The highest BCUT2D eigenvalue weighted by atomic mass is 32.2. The van der Waals surface area contributed by atoms with E-state index in [0.29, 0.717) is 0 Å². The number of hydrogen-bond acceptors (Lipinski definition) is 3. The van der Waals surface area contributed by atoms with E-state index in [1.165, 1.54) is 26.3 Å². The van der Waals surface area contributed by atoms with Crippen molar-refractivity contribution < 1.29 is 0 Å². The number of para-hydroxylation sites is 1. The number of thioether (sulfide) groups is 1. The maximum absolute atomic E-state index is 4.44. The van der Waals surface area contributed by atoms with Crippen molar-refractivity contribution in [3.05, 3.63) is 83.9 Å². The van der Waals surface area contributed by atoms with E-state index in [9.17, 15) is 0 Å². The summed E-state index contributed by atoms with van der Waals surface area (Å²) in [5.74, 6) is 0.969. The van der Waals surface area contributed by atoms with Gasteiger partial charge in [0.05, 0.1) is 10.2 Å². The standard InChI is InChI=1S/C20H14NS2/c1-2-7-15(8-3-1)13-22-18-11-5-4-9-16(18)17-10-6-12-19-20(17)21-14-23-19/h1-12H,13H2. The van der Waals surface area contributed by atoms with Gasteiger partial charge in [-0.3, -0.25) is 0 Å². The number of thiazole rings is 1. The summed E-state index contributed by atoms with van der Waals surface area (Å²) in [4.78, 5) is 5.73. The van der Waals surface area contributed by atoms with Gasteiger partial charge in [0.1, 0.15) is 0 Å². The average molecular weight is 332 g/mol. The SMILES string of the molecule is [c]1nc2c(-c3ccccc3SCc3ccccc3)cccc2s1. The van der Waals surface area contributed by atoms with Crippen molar-refractivity contribution in [1.29, 1.82) is 0 Å². The maximum atomic E-state index is 4.44. The second-order valence-corrected chi connectivity index (χ2v) is 7.07. The van der Waals surface area contributed by atoms with Gasteiger partial charge in [0.2, 0.25) is 0 Å². The third-order valence-electron chi connectivity index (χ3n) is 3.73. The first-order valence-corrected chi connectivity index (χ1v) is 9.24. The van der Waals surface area contributed by atoms with Crippen LogP contribution >= 0.6 is 23.1 Å². The summed E-state index contributed by atoms with van der Waals surface area (Å²) < 4.78 is 1.19. The molecule has 4 aromatic rings. The molecule has 0 saturated heterocycles. The van der Waals surface area contributed by atoms with Crippen LogP contribution in [0.5, 0.6) is 0 Å². The molecule has 0 N–H and O–H groups in total. The molecule has 0 amide bonds. The zero-order valence-corrected chi connectivity index (χ0v) is 14.0. The number of rotatable bonds is 4. The molecule has 1 heterocycles. The molecule has 1 nitrogen and oxygen atoms in total. The number of nitrogens with zero attached hydrogens (tertiary/aromatic N) is 1. The summed E-state index contributed by atoms with van der Waals surface area (Å²) in [7, 11) is 0. The molecule has 0 bridgehead atoms. The Morgan fingerprint density at radius 2 is 1.61 bits per heavy atom. The van der Waals surface area contributed by atoms with Crippen LogP contribution in [0.1, 0.15) is 5.56 Å². The first kappa shape index (κ1) is 14.5. The summed E-state index contributed by atoms with van der Waals surface area (Å²) in [6.07, 6.45) is 0. The van der Waals surface area contributed by atoms with Crippen molar-refractivity contribution in [2.24, 2.45) is 0 Å². The molecule has 0 aliphatic rings. The van der Waals surface area contributed by atoms with E-state index >= 15 is 0 Å². The highest BCUT2D eigenvalue weighted by Gasteiger charge is 2.10. The number of hydrogen-bond donors (Lipinski definition) is 0. The fraction of sp³-hybridized carbons (Fsp3) is 0.0500. The Labute approximate surface area is 144 Å². The largest absolute Gasteiger partial charge is 0.233 e. The summed E-state index contributed by atoms with van der Waals surface area (Å²) in [6.45, 7) is 0. The van der Waals surface area contributed by atoms with Crippen molar-refractivity contribution in [3.63, 3.8) is 0 Å². The van der Waals surface area contributed by atoms with Gasteiger partial charge < -0.3 is 0 Å². The Kier molecular flexibility index (Phi) is 4.14. The van der Waals surface area contributed by atoms with Crippen LogP contribution in [0.15, 0.2) is 77.7 Å². The van der Waals surface area contributed by atoms with Crippen LogP contribution in [0, 0.1) is 5.51 Å². The van der Waals surface area contributed by atoms with Crippen LogP contribution in [0.25, 0.3) is 21.3 Å².